The quantitative estimate of drug-likeness (QED) is 0.208. The van der Waals surface area contributed by atoms with Crippen molar-refractivity contribution in [2.75, 3.05) is 0 Å². The van der Waals surface area contributed by atoms with Gasteiger partial charge in [0.15, 0.2) is 11.6 Å². The van der Waals surface area contributed by atoms with Gasteiger partial charge in [0.05, 0.1) is 0 Å². The molecule has 2 N–H and O–H groups in total. The molecule has 0 atom stereocenters. The Bertz CT molecular complexity index is 648. The van der Waals surface area contributed by atoms with Gasteiger partial charge in [0.1, 0.15) is 0 Å². The topological polar surface area (TPSA) is 207 Å². The molecule has 0 spiro atoms. The van der Waals surface area contributed by atoms with E-state index in [0.29, 0.717) is 11.1 Å². The molecule has 0 aromatic heterocycles. The minimum atomic E-state index is -3.12. The molecule has 0 fully saturated rings. The summed E-state index contributed by atoms with van der Waals surface area (Å²) < 4.78 is 24.2. The highest BCUT2D eigenvalue weighted by Gasteiger charge is 2.16. The zero-order valence-electron chi connectivity index (χ0n) is 11.1. The van der Waals surface area contributed by atoms with Crippen molar-refractivity contribution in [2.45, 2.75) is 0 Å². The summed E-state index contributed by atoms with van der Waals surface area (Å²) >= 11 is 0. The SMILES string of the molecule is Cl.O=C1C=CC(=O)c2ccccc21.O=[SH](=O)O.[N-]=[N+]=N.[N-]=[N+]=[N-]. The van der Waals surface area contributed by atoms with Crippen LogP contribution in [0.15, 0.2) is 36.4 Å². The van der Waals surface area contributed by atoms with Gasteiger partial charge in [-0.1, -0.05) is 24.3 Å². The maximum Gasteiger partial charge on any atom is 0.254 e. The molecular weight excluding hydrogens is 352 g/mol. The molecule has 0 bridgehead atoms. The fourth-order valence-electron chi connectivity index (χ4n) is 1.24. The Morgan fingerprint density at radius 1 is 0.957 bits per heavy atom. The molecule has 1 aliphatic rings. The Labute approximate surface area is 137 Å². The summed E-state index contributed by atoms with van der Waals surface area (Å²) in [5.74, 6) is -0.185. The number of carbonyl (C=O) groups excluding carboxylic acids is 2. The Morgan fingerprint density at radius 2 is 1.17 bits per heavy atom. The van der Waals surface area contributed by atoms with Crippen LogP contribution in [0.1, 0.15) is 20.7 Å². The fourth-order valence-corrected chi connectivity index (χ4v) is 1.24. The Kier molecular flexibility index (Phi) is 16.9. The average Bonchev–Trinajstić information content (AvgIpc) is 2.45. The van der Waals surface area contributed by atoms with Gasteiger partial charge in [-0.05, 0) is 22.6 Å². The first kappa shape index (κ1) is 25.1. The summed E-state index contributed by atoms with van der Waals surface area (Å²) in [4.78, 5) is 25.6. The molecule has 23 heavy (non-hydrogen) atoms. The molecule has 124 valence electrons. The molecule has 0 aliphatic heterocycles. The van der Waals surface area contributed by atoms with Crippen LogP contribution in [0.2, 0.25) is 0 Å². The van der Waals surface area contributed by atoms with Crippen molar-refractivity contribution in [3.8, 4) is 0 Å². The molecule has 13 heteroatoms. The van der Waals surface area contributed by atoms with Crippen molar-refractivity contribution in [3.05, 3.63) is 74.0 Å². The molecule has 0 saturated heterocycles. The van der Waals surface area contributed by atoms with Crippen LogP contribution in [-0.2, 0) is 11.0 Å². The third kappa shape index (κ3) is 12.6. The van der Waals surface area contributed by atoms with Gasteiger partial charge in [-0.25, -0.2) is 8.42 Å². The predicted molar refractivity (Wildman–Crippen MR) is 83.9 cm³/mol. The first-order chi connectivity index (χ1) is 10.3. The van der Waals surface area contributed by atoms with Crippen molar-refractivity contribution in [3.63, 3.8) is 0 Å². The van der Waals surface area contributed by atoms with Crippen molar-refractivity contribution < 1.29 is 22.6 Å². The van der Waals surface area contributed by atoms with Gasteiger partial charge >= 0.3 is 0 Å². The van der Waals surface area contributed by atoms with Crippen LogP contribution >= 0.6 is 12.4 Å². The summed E-state index contributed by atoms with van der Waals surface area (Å²) in [5, 5.41) is 0. The van der Waals surface area contributed by atoms with Crippen LogP contribution < -0.4 is 0 Å². The van der Waals surface area contributed by atoms with Crippen molar-refractivity contribution in [1.29, 1.82) is 5.53 Å². The number of thiol groups is 1. The lowest BCUT2D eigenvalue weighted by molar-refractivity contribution is 0.0994. The number of allylic oxidation sites excluding steroid dienone is 2. The first-order valence-corrected chi connectivity index (χ1v) is 6.17. The van der Waals surface area contributed by atoms with Gasteiger partial charge in [-0.2, -0.15) is 0 Å². The normalized spacial score (nSPS) is 9.83. The van der Waals surface area contributed by atoms with E-state index < -0.39 is 11.0 Å². The second kappa shape index (κ2) is 15.5. The highest BCUT2D eigenvalue weighted by Crippen LogP contribution is 2.15. The van der Waals surface area contributed by atoms with E-state index in [-0.39, 0.29) is 24.0 Å². The van der Waals surface area contributed by atoms with E-state index in [4.69, 9.17) is 35.1 Å². The lowest BCUT2D eigenvalue weighted by atomic mass is 9.95. The van der Waals surface area contributed by atoms with Crippen molar-refractivity contribution in [1.82, 2.24) is 0 Å². The lowest BCUT2D eigenvalue weighted by Gasteiger charge is -2.06. The monoisotopic (exact) mass is 361 g/mol. The fraction of sp³-hybridized carbons (Fsp3) is 0. The maximum absolute atomic E-state index is 11.2. The molecule has 2 rings (SSSR count). The van der Waals surface area contributed by atoms with Gasteiger partial charge in [0.2, 0.25) is 0 Å². The number of rotatable bonds is 0. The summed E-state index contributed by atoms with van der Waals surface area (Å²) in [6.45, 7) is 0. The lowest BCUT2D eigenvalue weighted by Crippen LogP contribution is -2.10. The zero-order valence-corrected chi connectivity index (χ0v) is 12.8. The minimum Gasteiger partial charge on any atom is -0.373 e. The van der Waals surface area contributed by atoms with E-state index in [2.05, 4.69) is 0 Å². The molecule has 0 amide bonds. The molecule has 1 aromatic carbocycles. The third-order valence-electron chi connectivity index (χ3n) is 1.84. The van der Waals surface area contributed by atoms with Crippen LogP contribution in [0.3, 0.4) is 0 Å². The molecule has 0 saturated carbocycles. The minimum absolute atomic E-state index is 0. The standard InChI is InChI=1S/C10H6O2.ClH.HN3.N3.H2O3S/c11-9-5-6-10(12)8-4-2-1-3-7(8)9;;2*1-3-2;1-4(2)3/h1-6H;1H;1H;;4H,(H,1,2,3)/q;;;-1;. The molecule has 11 nitrogen and oxygen atoms in total. The molecule has 1 aromatic rings. The van der Waals surface area contributed by atoms with E-state index in [0.717, 1.165) is 0 Å². The van der Waals surface area contributed by atoms with Gasteiger partial charge < -0.3 is 11.1 Å². The number of nitrogens with zero attached hydrogens (tertiary/aromatic N) is 5. The van der Waals surface area contributed by atoms with Crippen LogP contribution in [0, 0.1) is 5.53 Å². The van der Waals surface area contributed by atoms with Gasteiger partial charge in [-0.3, -0.25) is 19.1 Å². The number of hydrogen-bond donors (Lipinski definition) is 3. The van der Waals surface area contributed by atoms with E-state index in [1.165, 1.54) is 17.1 Å². The van der Waals surface area contributed by atoms with Crippen molar-refractivity contribution >= 4 is 35.0 Å². The molecule has 0 radical (unpaired) electrons. The van der Waals surface area contributed by atoms with E-state index in [1.54, 1.807) is 29.2 Å². The summed E-state index contributed by atoms with van der Waals surface area (Å²) in [5.41, 5.74) is 26.8. The number of benzene rings is 1. The summed E-state index contributed by atoms with van der Waals surface area (Å²) in [6.07, 6.45) is 2.62. The Balaban J connectivity index is -0.000000308. The largest absolute Gasteiger partial charge is 0.373 e. The van der Waals surface area contributed by atoms with Gasteiger partial charge in [-0.15, -0.1) is 17.9 Å². The molecular formula is C10H10ClN6O5S-. The Hall–Kier alpha value is -2.88. The predicted octanol–water partition coefficient (Wildman–Crippen LogP) is 2.86. The maximum atomic E-state index is 11.2. The average molecular weight is 362 g/mol. The number of hydrogen-bond acceptors (Lipinski definition) is 5. The van der Waals surface area contributed by atoms with Crippen LogP contribution in [0.5, 0.6) is 0 Å². The highest BCUT2D eigenvalue weighted by atomic mass is 35.5. The summed E-state index contributed by atoms with van der Waals surface area (Å²) in [6, 6.07) is 6.84. The van der Waals surface area contributed by atoms with E-state index in [9.17, 15) is 9.59 Å². The van der Waals surface area contributed by atoms with E-state index in [1.807, 2.05) is 0 Å². The second-order valence-electron chi connectivity index (χ2n) is 3.03. The third-order valence-corrected chi connectivity index (χ3v) is 1.84. The smallest absolute Gasteiger partial charge is 0.254 e. The van der Waals surface area contributed by atoms with Gasteiger partial charge in [0.25, 0.3) is 11.0 Å². The first-order valence-electron chi connectivity index (χ1n) is 5.04. The number of halogens is 1. The van der Waals surface area contributed by atoms with E-state index >= 15 is 0 Å². The number of carbonyl (C=O) groups is 2. The number of fused-ring (bicyclic) bond motifs is 1. The second-order valence-corrected chi connectivity index (χ2v) is 3.51. The van der Waals surface area contributed by atoms with Crippen LogP contribution in [-0.4, -0.2) is 24.5 Å². The highest BCUT2D eigenvalue weighted by molar-refractivity contribution is 7.66. The summed E-state index contributed by atoms with van der Waals surface area (Å²) in [7, 11) is -3.12. The molecule has 0 heterocycles. The van der Waals surface area contributed by atoms with Crippen molar-refractivity contribution in [2.24, 2.45) is 0 Å². The molecule has 1 aliphatic carbocycles. The molecule has 0 unspecified atom stereocenters. The zero-order chi connectivity index (χ0) is 17.5. The number of nitrogens with one attached hydrogen (secondary N) is 1. The Morgan fingerprint density at radius 3 is 1.39 bits per heavy atom. The number of ketones is 2. The van der Waals surface area contributed by atoms with Crippen LogP contribution in [0.25, 0.3) is 26.4 Å². The van der Waals surface area contributed by atoms with Crippen LogP contribution in [0.4, 0.5) is 0 Å². The van der Waals surface area contributed by atoms with Gasteiger partial charge in [0, 0.05) is 11.1 Å².